The molecule has 2 aromatic heterocycles. The molecule has 4 aromatic rings. The van der Waals surface area contributed by atoms with Crippen LogP contribution in [0.5, 0.6) is 6.01 Å². The molecule has 5 heteroatoms. The predicted molar refractivity (Wildman–Crippen MR) is 106 cm³/mol. The third-order valence-electron chi connectivity index (χ3n) is 5.18. The zero-order valence-corrected chi connectivity index (χ0v) is 15.2. The van der Waals surface area contributed by atoms with Crippen LogP contribution in [-0.4, -0.2) is 32.4 Å². The molecule has 5 rings (SSSR count). The van der Waals surface area contributed by atoms with Gasteiger partial charge in [-0.1, -0.05) is 30.3 Å². The van der Waals surface area contributed by atoms with Gasteiger partial charge in [-0.3, -0.25) is 9.55 Å². The van der Waals surface area contributed by atoms with Gasteiger partial charge in [-0.2, -0.15) is 4.98 Å². The smallest absolute Gasteiger partial charge is 0.302 e. The number of hydrogen-bond donors (Lipinski definition) is 1. The predicted octanol–water partition coefficient (Wildman–Crippen LogP) is 4.21. The number of aliphatic hydroxyl groups excluding tert-OH is 1. The molecular formula is C22H21N3O2. The van der Waals surface area contributed by atoms with Crippen molar-refractivity contribution in [3.8, 4) is 11.7 Å². The highest BCUT2D eigenvalue weighted by Gasteiger charge is 2.26. The fourth-order valence-electron chi connectivity index (χ4n) is 3.69. The molecule has 0 saturated heterocycles. The second-order valence-corrected chi connectivity index (χ2v) is 7.20. The zero-order chi connectivity index (χ0) is 18.4. The number of benzene rings is 2. The summed E-state index contributed by atoms with van der Waals surface area (Å²) in [6.45, 7) is 1.76. The third-order valence-corrected chi connectivity index (χ3v) is 5.18. The number of imidazole rings is 1. The van der Waals surface area contributed by atoms with E-state index in [0.717, 1.165) is 16.7 Å². The van der Waals surface area contributed by atoms with Crippen LogP contribution in [0, 0.1) is 0 Å². The van der Waals surface area contributed by atoms with Gasteiger partial charge in [0.25, 0.3) is 0 Å². The Labute approximate surface area is 157 Å². The van der Waals surface area contributed by atoms with Crippen molar-refractivity contribution < 1.29 is 9.84 Å². The standard InChI is InChI=1S/C22H21N3O2/c1-14(13-26)27-22-24-19-12-23-11-10-21(19)25(22)20-9-8-16(15-6-7-15)17-4-2-3-5-18(17)20/h2-5,8-12,14-15,26H,6-7,13H2,1H3. The van der Waals surface area contributed by atoms with Gasteiger partial charge < -0.3 is 9.84 Å². The van der Waals surface area contributed by atoms with E-state index in [9.17, 15) is 5.11 Å². The third kappa shape index (κ3) is 2.75. The van der Waals surface area contributed by atoms with Crippen molar-refractivity contribution in [1.29, 1.82) is 0 Å². The van der Waals surface area contributed by atoms with Crippen LogP contribution < -0.4 is 4.74 Å². The maximum Gasteiger partial charge on any atom is 0.302 e. The van der Waals surface area contributed by atoms with Crippen LogP contribution in [-0.2, 0) is 0 Å². The first-order valence-corrected chi connectivity index (χ1v) is 9.38. The molecule has 1 fully saturated rings. The minimum Gasteiger partial charge on any atom is -0.459 e. The summed E-state index contributed by atoms with van der Waals surface area (Å²) in [6, 6.07) is 15.3. The van der Waals surface area contributed by atoms with Crippen LogP contribution >= 0.6 is 0 Å². The lowest BCUT2D eigenvalue weighted by molar-refractivity contribution is 0.119. The van der Waals surface area contributed by atoms with Crippen LogP contribution in [0.25, 0.3) is 27.5 Å². The Kier molecular flexibility index (Phi) is 3.83. The van der Waals surface area contributed by atoms with Gasteiger partial charge in [0.15, 0.2) is 0 Å². The Hall–Kier alpha value is -2.92. The van der Waals surface area contributed by atoms with E-state index in [-0.39, 0.29) is 12.7 Å². The fourth-order valence-corrected chi connectivity index (χ4v) is 3.69. The van der Waals surface area contributed by atoms with Crippen LogP contribution in [0.4, 0.5) is 0 Å². The van der Waals surface area contributed by atoms with Gasteiger partial charge >= 0.3 is 6.01 Å². The molecule has 0 spiro atoms. The Morgan fingerprint density at radius 1 is 1.15 bits per heavy atom. The van der Waals surface area contributed by atoms with E-state index in [1.165, 1.54) is 29.2 Å². The van der Waals surface area contributed by atoms with E-state index in [1.807, 2.05) is 17.6 Å². The Morgan fingerprint density at radius 2 is 1.96 bits per heavy atom. The summed E-state index contributed by atoms with van der Waals surface area (Å²) in [7, 11) is 0. The highest BCUT2D eigenvalue weighted by molar-refractivity contribution is 5.95. The minimum absolute atomic E-state index is 0.0666. The van der Waals surface area contributed by atoms with Crippen molar-refractivity contribution in [2.75, 3.05) is 6.61 Å². The highest BCUT2D eigenvalue weighted by Crippen LogP contribution is 2.44. The normalized spacial score (nSPS) is 15.3. The van der Waals surface area contributed by atoms with E-state index < -0.39 is 0 Å². The number of nitrogens with zero attached hydrogens (tertiary/aromatic N) is 3. The molecule has 1 atom stereocenters. The number of fused-ring (bicyclic) bond motifs is 2. The summed E-state index contributed by atoms with van der Waals surface area (Å²) in [5, 5.41) is 11.9. The molecule has 0 radical (unpaired) electrons. The van der Waals surface area contributed by atoms with Gasteiger partial charge in [-0.15, -0.1) is 0 Å². The average molecular weight is 359 g/mol. The number of rotatable bonds is 5. The van der Waals surface area contributed by atoms with Crippen LogP contribution in [0.15, 0.2) is 54.9 Å². The number of ether oxygens (including phenoxy) is 1. The largest absolute Gasteiger partial charge is 0.459 e. The number of aliphatic hydroxyl groups is 1. The van der Waals surface area contributed by atoms with E-state index >= 15 is 0 Å². The van der Waals surface area contributed by atoms with Crippen molar-refractivity contribution in [1.82, 2.24) is 14.5 Å². The summed E-state index contributed by atoms with van der Waals surface area (Å²) < 4.78 is 7.98. The van der Waals surface area contributed by atoms with Crippen molar-refractivity contribution in [2.45, 2.75) is 31.8 Å². The molecule has 1 aliphatic carbocycles. The van der Waals surface area contributed by atoms with Crippen molar-refractivity contribution in [3.05, 3.63) is 60.4 Å². The molecule has 1 unspecified atom stereocenters. The molecule has 5 nitrogen and oxygen atoms in total. The van der Waals surface area contributed by atoms with Gasteiger partial charge in [-0.05, 0) is 48.8 Å². The van der Waals surface area contributed by atoms with E-state index in [0.29, 0.717) is 11.9 Å². The van der Waals surface area contributed by atoms with Crippen LogP contribution in [0.3, 0.4) is 0 Å². The monoisotopic (exact) mass is 359 g/mol. The average Bonchev–Trinajstić information content (AvgIpc) is 3.48. The molecule has 1 saturated carbocycles. The summed E-state index contributed by atoms with van der Waals surface area (Å²) in [5.41, 5.74) is 4.16. The maximum absolute atomic E-state index is 9.43. The SMILES string of the molecule is CC(CO)Oc1nc2cnccc2n1-c1ccc(C2CC2)c2ccccc12. The molecule has 0 amide bonds. The lowest BCUT2D eigenvalue weighted by Crippen LogP contribution is -2.18. The Bertz CT molecular complexity index is 1130. The first-order valence-electron chi connectivity index (χ1n) is 9.38. The Balaban J connectivity index is 1.78. The van der Waals surface area contributed by atoms with E-state index in [2.05, 4.69) is 46.4 Å². The topological polar surface area (TPSA) is 60.2 Å². The Morgan fingerprint density at radius 3 is 2.74 bits per heavy atom. The summed E-state index contributed by atoms with van der Waals surface area (Å²) >= 11 is 0. The summed E-state index contributed by atoms with van der Waals surface area (Å²) in [6.07, 6.45) is 5.70. The maximum atomic E-state index is 9.43. The molecular weight excluding hydrogens is 338 g/mol. The molecule has 2 aromatic carbocycles. The van der Waals surface area contributed by atoms with Gasteiger partial charge in [-0.25, -0.2) is 0 Å². The molecule has 136 valence electrons. The molecule has 0 bridgehead atoms. The van der Waals surface area contributed by atoms with Crippen LogP contribution in [0.2, 0.25) is 0 Å². The number of hydrogen-bond acceptors (Lipinski definition) is 4. The van der Waals surface area contributed by atoms with E-state index in [4.69, 9.17) is 4.74 Å². The van der Waals surface area contributed by atoms with Crippen molar-refractivity contribution >= 4 is 21.8 Å². The fraction of sp³-hybridized carbons (Fsp3) is 0.273. The van der Waals surface area contributed by atoms with Gasteiger partial charge in [0.1, 0.15) is 11.6 Å². The molecule has 0 aliphatic heterocycles. The molecule has 1 N–H and O–H groups in total. The summed E-state index contributed by atoms with van der Waals surface area (Å²) in [4.78, 5) is 8.81. The number of aromatic nitrogens is 3. The zero-order valence-electron chi connectivity index (χ0n) is 15.2. The highest BCUT2D eigenvalue weighted by atomic mass is 16.5. The van der Waals surface area contributed by atoms with E-state index in [1.54, 1.807) is 12.4 Å². The first kappa shape index (κ1) is 16.3. The van der Waals surface area contributed by atoms with Crippen molar-refractivity contribution in [2.24, 2.45) is 0 Å². The van der Waals surface area contributed by atoms with Gasteiger partial charge in [0.05, 0.1) is 24.0 Å². The second-order valence-electron chi connectivity index (χ2n) is 7.20. The first-order chi connectivity index (χ1) is 13.3. The molecule has 27 heavy (non-hydrogen) atoms. The lowest BCUT2D eigenvalue weighted by atomic mass is 9.99. The van der Waals surface area contributed by atoms with Crippen LogP contribution in [0.1, 0.15) is 31.2 Å². The van der Waals surface area contributed by atoms with Gasteiger partial charge in [0.2, 0.25) is 0 Å². The quantitative estimate of drug-likeness (QED) is 0.580. The second kappa shape index (κ2) is 6.35. The van der Waals surface area contributed by atoms with Crippen molar-refractivity contribution in [3.63, 3.8) is 0 Å². The van der Waals surface area contributed by atoms with Gasteiger partial charge in [0, 0.05) is 11.6 Å². The number of pyridine rings is 1. The minimum atomic E-state index is -0.342. The molecule has 1 aliphatic rings. The summed E-state index contributed by atoms with van der Waals surface area (Å²) in [5.74, 6) is 0.679. The molecule has 2 heterocycles. The lowest BCUT2D eigenvalue weighted by Gasteiger charge is -2.16.